The highest BCUT2D eigenvalue weighted by Gasteiger charge is 2.12. The molecule has 0 saturated carbocycles. The molecular formula is C11H11BrN2O2. The zero-order valence-corrected chi connectivity index (χ0v) is 10.6. The highest BCUT2D eigenvalue weighted by Crippen LogP contribution is 2.20. The summed E-state index contributed by atoms with van der Waals surface area (Å²) in [5.74, 6) is -0.0787. The zero-order chi connectivity index (χ0) is 11.7. The quantitative estimate of drug-likeness (QED) is 0.851. The molecule has 0 atom stereocenters. The summed E-state index contributed by atoms with van der Waals surface area (Å²) in [6.45, 7) is 3.77. The summed E-state index contributed by atoms with van der Waals surface area (Å²) in [4.78, 5) is 11.5. The fourth-order valence-electron chi connectivity index (χ4n) is 1.35. The minimum atomic E-state index is -0.426. The Hall–Kier alpha value is -1.36. The van der Waals surface area contributed by atoms with Crippen LogP contribution >= 0.6 is 15.9 Å². The molecule has 0 aliphatic carbocycles. The van der Waals surface area contributed by atoms with E-state index in [1.165, 1.54) is 4.68 Å². The largest absolute Gasteiger partial charge is 0.437 e. The van der Waals surface area contributed by atoms with Gasteiger partial charge in [0.05, 0.1) is 6.04 Å². The van der Waals surface area contributed by atoms with Gasteiger partial charge in [0.2, 0.25) is 5.89 Å². The van der Waals surface area contributed by atoms with Crippen molar-refractivity contribution in [2.45, 2.75) is 19.9 Å². The molecule has 0 radical (unpaired) electrons. The average molecular weight is 283 g/mol. The lowest BCUT2D eigenvalue weighted by Crippen LogP contribution is -2.17. The van der Waals surface area contributed by atoms with Gasteiger partial charge in [-0.3, -0.25) is 0 Å². The Balaban J connectivity index is 2.50. The van der Waals surface area contributed by atoms with Crippen molar-refractivity contribution in [2.24, 2.45) is 0 Å². The van der Waals surface area contributed by atoms with Crippen molar-refractivity contribution in [1.29, 1.82) is 0 Å². The molecule has 1 aromatic heterocycles. The van der Waals surface area contributed by atoms with Crippen LogP contribution in [0.4, 0.5) is 0 Å². The Bertz CT molecular complexity index is 557. The molecule has 0 amide bonds. The summed E-state index contributed by atoms with van der Waals surface area (Å²) in [5, 5.41) is 4.14. The average Bonchev–Trinajstić information content (AvgIpc) is 2.60. The number of aromatic nitrogens is 2. The number of rotatable bonds is 2. The second-order valence-corrected chi connectivity index (χ2v) is 4.64. The summed E-state index contributed by atoms with van der Waals surface area (Å²) < 4.78 is 7.34. The third kappa shape index (κ3) is 2.09. The van der Waals surface area contributed by atoms with Crippen LogP contribution in [0.25, 0.3) is 11.5 Å². The van der Waals surface area contributed by atoms with E-state index in [2.05, 4.69) is 21.0 Å². The molecule has 1 aromatic carbocycles. The molecule has 0 spiro atoms. The van der Waals surface area contributed by atoms with Crippen molar-refractivity contribution < 1.29 is 4.42 Å². The van der Waals surface area contributed by atoms with E-state index in [4.69, 9.17) is 4.42 Å². The molecule has 0 N–H and O–H groups in total. The van der Waals surface area contributed by atoms with Gasteiger partial charge in [0.25, 0.3) is 0 Å². The molecular weight excluding hydrogens is 272 g/mol. The van der Waals surface area contributed by atoms with E-state index in [1.54, 1.807) is 0 Å². The van der Waals surface area contributed by atoms with E-state index in [-0.39, 0.29) is 6.04 Å². The summed E-state index contributed by atoms with van der Waals surface area (Å²) in [6, 6.07) is 7.48. The normalized spacial score (nSPS) is 11.0. The first-order chi connectivity index (χ1) is 7.58. The van der Waals surface area contributed by atoms with Gasteiger partial charge in [0.1, 0.15) is 0 Å². The Morgan fingerprint density at radius 3 is 2.75 bits per heavy atom. The molecule has 2 aromatic rings. The summed E-state index contributed by atoms with van der Waals surface area (Å²) >= 11 is 3.36. The van der Waals surface area contributed by atoms with Gasteiger partial charge in [-0.2, -0.15) is 4.68 Å². The maximum atomic E-state index is 11.5. The van der Waals surface area contributed by atoms with Crippen LogP contribution in [0.1, 0.15) is 19.9 Å². The lowest BCUT2D eigenvalue weighted by atomic mass is 10.2. The van der Waals surface area contributed by atoms with E-state index in [0.717, 1.165) is 10.0 Å². The lowest BCUT2D eigenvalue weighted by molar-refractivity contribution is 0.449. The maximum absolute atomic E-state index is 11.5. The molecule has 0 aliphatic heterocycles. The van der Waals surface area contributed by atoms with E-state index < -0.39 is 5.76 Å². The van der Waals surface area contributed by atoms with Gasteiger partial charge in [0, 0.05) is 10.0 Å². The van der Waals surface area contributed by atoms with Crippen LogP contribution in [-0.4, -0.2) is 9.78 Å². The van der Waals surface area contributed by atoms with Gasteiger partial charge < -0.3 is 4.42 Å². The van der Waals surface area contributed by atoms with Gasteiger partial charge in [-0.15, -0.1) is 5.10 Å². The van der Waals surface area contributed by atoms with Crippen molar-refractivity contribution in [1.82, 2.24) is 9.78 Å². The van der Waals surface area contributed by atoms with Crippen LogP contribution in [0.15, 0.2) is 37.9 Å². The fourth-order valence-corrected chi connectivity index (χ4v) is 1.75. The van der Waals surface area contributed by atoms with E-state index in [9.17, 15) is 4.79 Å². The Morgan fingerprint density at radius 2 is 2.19 bits per heavy atom. The monoisotopic (exact) mass is 282 g/mol. The topological polar surface area (TPSA) is 48.0 Å². The molecule has 0 unspecified atom stereocenters. The third-order valence-corrected chi connectivity index (χ3v) is 2.62. The predicted molar refractivity (Wildman–Crippen MR) is 64.3 cm³/mol. The summed E-state index contributed by atoms with van der Waals surface area (Å²) in [5.41, 5.74) is 0.783. The van der Waals surface area contributed by atoms with Crippen LogP contribution < -0.4 is 5.76 Å². The maximum Gasteiger partial charge on any atom is 0.437 e. The van der Waals surface area contributed by atoms with Crippen LogP contribution in [0.2, 0.25) is 0 Å². The van der Waals surface area contributed by atoms with Crippen LogP contribution in [0, 0.1) is 0 Å². The zero-order valence-electron chi connectivity index (χ0n) is 8.98. The van der Waals surface area contributed by atoms with Gasteiger partial charge in [-0.05, 0) is 32.0 Å². The third-order valence-electron chi connectivity index (χ3n) is 2.13. The van der Waals surface area contributed by atoms with Gasteiger partial charge in [-0.25, -0.2) is 4.79 Å². The molecule has 84 valence electrons. The molecule has 1 heterocycles. The molecule has 4 nitrogen and oxygen atoms in total. The SMILES string of the molecule is CC(C)n1nc(-c2cccc(Br)c2)oc1=O. The van der Waals surface area contributed by atoms with Crippen molar-refractivity contribution in [3.05, 3.63) is 39.3 Å². The number of nitrogens with zero attached hydrogens (tertiary/aromatic N) is 2. The number of benzene rings is 1. The minimum Gasteiger partial charge on any atom is -0.388 e. The predicted octanol–water partition coefficient (Wildman–Crippen LogP) is 2.85. The van der Waals surface area contributed by atoms with E-state index >= 15 is 0 Å². The van der Waals surface area contributed by atoms with Crippen molar-refractivity contribution >= 4 is 15.9 Å². The van der Waals surface area contributed by atoms with Crippen LogP contribution in [0.5, 0.6) is 0 Å². The van der Waals surface area contributed by atoms with E-state index in [0.29, 0.717) is 5.89 Å². The first-order valence-electron chi connectivity index (χ1n) is 4.93. The van der Waals surface area contributed by atoms with Crippen molar-refractivity contribution in [3.63, 3.8) is 0 Å². The first-order valence-corrected chi connectivity index (χ1v) is 5.73. The second kappa shape index (κ2) is 4.25. The highest BCUT2D eigenvalue weighted by atomic mass is 79.9. The molecule has 16 heavy (non-hydrogen) atoms. The first kappa shape index (κ1) is 11.1. The van der Waals surface area contributed by atoms with Crippen molar-refractivity contribution in [3.8, 4) is 11.5 Å². The smallest absolute Gasteiger partial charge is 0.388 e. The Morgan fingerprint density at radius 1 is 1.44 bits per heavy atom. The van der Waals surface area contributed by atoms with Crippen LogP contribution in [-0.2, 0) is 0 Å². The molecule has 2 rings (SSSR count). The standard InChI is InChI=1S/C11H11BrN2O2/c1-7(2)14-11(15)16-10(13-14)8-4-3-5-9(12)6-8/h3-7H,1-2H3. The molecule has 0 bridgehead atoms. The summed E-state index contributed by atoms with van der Waals surface area (Å²) in [7, 11) is 0. The van der Waals surface area contributed by atoms with Gasteiger partial charge in [0.15, 0.2) is 0 Å². The molecule has 5 heteroatoms. The number of hydrogen-bond donors (Lipinski definition) is 0. The molecule has 0 fully saturated rings. The minimum absolute atomic E-state index is 0.00264. The fraction of sp³-hybridized carbons (Fsp3) is 0.273. The number of hydrogen-bond acceptors (Lipinski definition) is 3. The summed E-state index contributed by atoms with van der Waals surface area (Å²) in [6.07, 6.45) is 0. The second-order valence-electron chi connectivity index (χ2n) is 3.72. The van der Waals surface area contributed by atoms with Crippen LogP contribution in [0.3, 0.4) is 0 Å². The molecule has 0 saturated heterocycles. The van der Waals surface area contributed by atoms with E-state index in [1.807, 2.05) is 38.1 Å². The Kier molecular flexibility index (Phi) is 2.96. The van der Waals surface area contributed by atoms with Crippen molar-refractivity contribution in [2.75, 3.05) is 0 Å². The number of halogens is 1. The highest BCUT2D eigenvalue weighted by molar-refractivity contribution is 9.10. The molecule has 0 aliphatic rings. The Labute approximate surface area is 101 Å². The van der Waals surface area contributed by atoms with Gasteiger partial charge >= 0.3 is 5.76 Å². The lowest BCUT2D eigenvalue weighted by Gasteiger charge is -1.99. The van der Waals surface area contributed by atoms with Gasteiger partial charge in [-0.1, -0.05) is 22.0 Å².